The highest BCUT2D eigenvalue weighted by Gasteiger charge is 2.13. The van der Waals surface area contributed by atoms with E-state index in [-0.39, 0.29) is 10.3 Å². The van der Waals surface area contributed by atoms with Crippen molar-refractivity contribution in [2.75, 3.05) is 6.61 Å². The molecular weight excluding hydrogens is 279 g/mol. The SMILES string of the molecule is CCOC(=O)c1cnn(-c2nc(Cl)ncc2Cl)c1. The summed E-state index contributed by atoms with van der Waals surface area (Å²) >= 11 is 11.6. The van der Waals surface area contributed by atoms with E-state index in [0.717, 1.165) is 0 Å². The maximum absolute atomic E-state index is 11.5. The Morgan fingerprint density at radius 3 is 2.94 bits per heavy atom. The summed E-state index contributed by atoms with van der Waals surface area (Å²) in [7, 11) is 0. The normalized spacial score (nSPS) is 10.4. The van der Waals surface area contributed by atoms with Crippen LogP contribution < -0.4 is 0 Å². The van der Waals surface area contributed by atoms with Crippen LogP contribution in [0.25, 0.3) is 5.82 Å². The quantitative estimate of drug-likeness (QED) is 0.639. The summed E-state index contributed by atoms with van der Waals surface area (Å²) < 4.78 is 6.18. The smallest absolute Gasteiger partial charge is 0.341 e. The first-order valence-electron chi connectivity index (χ1n) is 5.02. The maximum Gasteiger partial charge on any atom is 0.341 e. The molecule has 0 atom stereocenters. The second kappa shape index (κ2) is 5.32. The Balaban J connectivity index is 2.35. The van der Waals surface area contributed by atoms with Crippen molar-refractivity contribution in [2.45, 2.75) is 6.92 Å². The van der Waals surface area contributed by atoms with Crippen molar-refractivity contribution in [3.8, 4) is 5.82 Å². The average Bonchev–Trinajstić information content (AvgIpc) is 2.82. The molecule has 0 bridgehead atoms. The van der Waals surface area contributed by atoms with Gasteiger partial charge in [-0.3, -0.25) is 0 Å². The first-order valence-corrected chi connectivity index (χ1v) is 5.77. The number of carbonyl (C=O) groups is 1. The Kier molecular flexibility index (Phi) is 3.78. The van der Waals surface area contributed by atoms with Gasteiger partial charge in [-0.15, -0.1) is 0 Å². The molecule has 94 valence electrons. The van der Waals surface area contributed by atoms with Gasteiger partial charge in [0.05, 0.1) is 24.6 Å². The third kappa shape index (κ3) is 2.60. The lowest BCUT2D eigenvalue weighted by Gasteiger charge is -2.02. The average molecular weight is 287 g/mol. The number of halogens is 2. The molecule has 0 radical (unpaired) electrons. The molecule has 0 aromatic carbocycles. The molecule has 0 aliphatic heterocycles. The van der Waals surface area contributed by atoms with Crippen molar-refractivity contribution >= 4 is 29.2 Å². The number of hydrogen-bond acceptors (Lipinski definition) is 5. The minimum Gasteiger partial charge on any atom is -0.462 e. The van der Waals surface area contributed by atoms with E-state index in [1.165, 1.54) is 23.3 Å². The molecule has 2 rings (SSSR count). The van der Waals surface area contributed by atoms with Crippen molar-refractivity contribution in [3.05, 3.63) is 34.5 Å². The summed E-state index contributed by atoms with van der Waals surface area (Å²) in [5, 5.41) is 4.29. The molecule has 0 spiro atoms. The van der Waals surface area contributed by atoms with Crippen LogP contribution in [0.15, 0.2) is 18.6 Å². The van der Waals surface area contributed by atoms with Gasteiger partial charge >= 0.3 is 5.97 Å². The molecule has 2 aromatic heterocycles. The van der Waals surface area contributed by atoms with Gasteiger partial charge in [0, 0.05) is 6.20 Å². The molecule has 0 aliphatic carbocycles. The zero-order valence-electron chi connectivity index (χ0n) is 9.30. The van der Waals surface area contributed by atoms with E-state index in [1.807, 2.05) is 0 Å². The lowest BCUT2D eigenvalue weighted by Crippen LogP contribution is -2.04. The Bertz CT molecular complexity index is 585. The van der Waals surface area contributed by atoms with Gasteiger partial charge in [-0.1, -0.05) is 11.6 Å². The van der Waals surface area contributed by atoms with Crippen LogP contribution in [0.3, 0.4) is 0 Å². The van der Waals surface area contributed by atoms with Crippen LogP contribution in [0, 0.1) is 0 Å². The van der Waals surface area contributed by atoms with Crippen LogP contribution in [0.2, 0.25) is 10.3 Å². The number of ether oxygens (including phenoxy) is 1. The van der Waals surface area contributed by atoms with Gasteiger partial charge < -0.3 is 4.74 Å². The number of aromatic nitrogens is 4. The summed E-state index contributed by atoms with van der Waals surface area (Å²) in [6.07, 6.45) is 4.19. The first kappa shape index (κ1) is 12.8. The van der Waals surface area contributed by atoms with Crippen molar-refractivity contribution in [1.82, 2.24) is 19.7 Å². The van der Waals surface area contributed by atoms with Crippen LogP contribution in [0.1, 0.15) is 17.3 Å². The van der Waals surface area contributed by atoms with E-state index in [9.17, 15) is 4.79 Å². The van der Waals surface area contributed by atoms with E-state index < -0.39 is 5.97 Å². The van der Waals surface area contributed by atoms with Crippen LogP contribution in [-0.4, -0.2) is 32.3 Å². The second-order valence-electron chi connectivity index (χ2n) is 3.20. The second-order valence-corrected chi connectivity index (χ2v) is 3.95. The molecule has 18 heavy (non-hydrogen) atoms. The maximum atomic E-state index is 11.5. The molecule has 0 N–H and O–H groups in total. The molecule has 0 unspecified atom stereocenters. The molecule has 0 fully saturated rings. The minimum atomic E-state index is -0.458. The fourth-order valence-electron chi connectivity index (χ4n) is 1.26. The number of esters is 1. The van der Waals surface area contributed by atoms with E-state index in [1.54, 1.807) is 6.92 Å². The molecule has 0 saturated carbocycles. The third-order valence-corrected chi connectivity index (χ3v) is 2.46. The molecule has 0 saturated heterocycles. The van der Waals surface area contributed by atoms with E-state index >= 15 is 0 Å². The van der Waals surface area contributed by atoms with E-state index in [4.69, 9.17) is 27.9 Å². The van der Waals surface area contributed by atoms with Gasteiger partial charge in [0.2, 0.25) is 5.28 Å². The Labute approximate surface area is 113 Å². The highest BCUT2D eigenvalue weighted by Crippen LogP contribution is 2.18. The zero-order chi connectivity index (χ0) is 13.1. The number of nitrogens with zero attached hydrogens (tertiary/aromatic N) is 4. The van der Waals surface area contributed by atoms with Crippen molar-refractivity contribution in [3.63, 3.8) is 0 Å². The summed E-state index contributed by atoms with van der Waals surface area (Å²) in [5.41, 5.74) is 0.308. The Morgan fingerprint density at radius 1 is 1.44 bits per heavy atom. The van der Waals surface area contributed by atoms with Crippen LogP contribution in [0.5, 0.6) is 0 Å². The number of rotatable bonds is 3. The fraction of sp³-hybridized carbons (Fsp3) is 0.200. The largest absolute Gasteiger partial charge is 0.462 e. The standard InChI is InChI=1S/C10H8Cl2N4O2/c1-2-18-9(17)6-3-14-16(5-6)8-7(11)4-13-10(12)15-8/h3-5H,2H2,1H3. The van der Waals surface area contributed by atoms with Gasteiger partial charge in [-0.05, 0) is 18.5 Å². The highest BCUT2D eigenvalue weighted by atomic mass is 35.5. The van der Waals surface area contributed by atoms with E-state index in [2.05, 4.69) is 15.1 Å². The Hall–Kier alpha value is -1.66. The predicted molar refractivity (Wildman–Crippen MR) is 65.1 cm³/mol. The summed E-state index contributed by atoms with van der Waals surface area (Å²) in [4.78, 5) is 19.1. The zero-order valence-corrected chi connectivity index (χ0v) is 10.8. The fourth-order valence-corrected chi connectivity index (χ4v) is 1.56. The van der Waals surface area contributed by atoms with Gasteiger partial charge in [-0.2, -0.15) is 10.1 Å². The third-order valence-electron chi connectivity index (χ3n) is 2.01. The van der Waals surface area contributed by atoms with Gasteiger partial charge in [0.15, 0.2) is 5.82 Å². The Morgan fingerprint density at radius 2 is 2.22 bits per heavy atom. The van der Waals surface area contributed by atoms with Gasteiger partial charge in [0.25, 0.3) is 0 Å². The molecule has 6 nitrogen and oxygen atoms in total. The predicted octanol–water partition coefficient (Wildman–Crippen LogP) is 2.15. The molecule has 0 aliphatic rings. The molecule has 8 heteroatoms. The molecular formula is C10H8Cl2N4O2. The van der Waals surface area contributed by atoms with Crippen molar-refractivity contribution < 1.29 is 9.53 Å². The number of hydrogen-bond donors (Lipinski definition) is 0. The van der Waals surface area contributed by atoms with Crippen LogP contribution >= 0.6 is 23.2 Å². The summed E-state index contributed by atoms with van der Waals surface area (Å²) in [6.45, 7) is 2.02. The molecule has 0 amide bonds. The van der Waals surface area contributed by atoms with Crippen molar-refractivity contribution in [2.24, 2.45) is 0 Å². The van der Waals surface area contributed by atoms with E-state index in [0.29, 0.717) is 18.0 Å². The lowest BCUT2D eigenvalue weighted by molar-refractivity contribution is 0.0526. The highest BCUT2D eigenvalue weighted by molar-refractivity contribution is 6.32. The summed E-state index contributed by atoms with van der Waals surface area (Å²) in [5.74, 6) is -0.160. The van der Waals surface area contributed by atoms with Gasteiger partial charge in [0.1, 0.15) is 5.02 Å². The molecule has 2 aromatic rings. The van der Waals surface area contributed by atoms with Gasteiger partial charge in [-0.25, -0.2) is 14.5 Å². The van der Waals surface area contributed by atoms with Crippen LogP contribution in [0.4, 0.5) is 0 Å². The first-order chi connectivity index (χ1) is 8.61. The molecule has 2 heterocycles. The minimum absolute atomic E-state index is 0.0441. The summed E-state index contributed by atoms with van der Waals surface area (Å²) in [6, 6.07) is 0. The monoisotopic (exact) mass is 286 g/mol. The topological polar surface area (TPSA) is 69.9 Å². The lowest BCUT2D eigenvalue weighted by atomic mass is 10.4. The number of carbonyl (C=O) groups excluding carboxylic acids is 1. The van der Waals surface area contributed by atoms with Crippen molar-refractivity contribution in [1.29, 1.82) is 0 Å². The van der Waals surface area contributed by atoms with Crippen LogP contribution in [-0.2, 0) is 4.74 Å².